The summed E-state index contributed by atoms with van der Waals surface area (Å²) in [5, 5.41) is 0.636. The molecule has 3 rings (SSSR count). The zero-order valence-electron chi connectivity index (χ0n) is 8.00. The number of aromatic nitrogens is 2. The van der Waals surface area contributed by atoms with Crippen molar-refractivity contribution in [2.75, 3.05) is 0 Å². The molecular formula is C11H11ClN2. The Kier molecular flexibility index (Phi) is 1.62. The van der Waals surface area contributed by atoms with Gasteiger partial charge in [-0.05, 0) is 43.0 Å². The third-order valence-corrected chi connectivity index (χ3v) is 3.05. The predicted molar refractivity (Wildman–Crippen MR) is 57.8 cm³/mol. The summed E-state index contributed by atoms with van der Waals surface area (Å²) in [4.78, 5) is 4.36. The van der Waals surface area contributed by atoms with Crippen molar-refractivity contribution in [3.63, 3.8) is 0 Å². The Bertz CT molecular complexity index is 497. The highest BCUT2D eigenvalue weighted by Crippen LogP contribution is 2.40. The molecule has 1 aromatic carbocycles. The van der Waals surface area contributed by atoms with Gasteiger partial charge in [0.1, 0.15) is 0 Å². The summed E-state index contributed by atoms with van der Waals surface area (Å²) in [5.74, 6) is 0. The molecule has 0 N–H and O–H groups in total. The molecule has 1 aromatic heterocycles. The Morgan fingerprint density at radius 3 is 2.93 bits per heavy atom. The fourth-order valence-corrected chi connectivity index (χ4v) is 2.27. The third-order valence-electron chi connectivity index (χ3n) is 2.78. The molecule has 72 valence electrons. The lowest BCUT2D eigenvalue weighted by atomic mass is 10.2. The summed E-state index contributed by atoms with van der Waals surface area (Å²) < 4.78 is 2.17. The van der Waals surface area contributed by atoms with Crippen molar-refractivity contribution in [2.24, 2.45) is 0 Å². The number of imidazole rings is 1. The van der Waals surface area contributed by atoms with Gasteiger partial charge in [0.25, 0.3) is 0 Å². The minimum Gasteiger partial charge on any atom is -0.311 e. The Hall–Kier alpha value is -1.02. The molecule has 0 radical (unpaired) electrons. The van der Waals surface area contributed by atoms with E-state index >= 15 is 0 Å². The third kappa shape index (κ3) is 1.07. The molecule has 3 heteroatoms. The minimum absolute atomic E-state index is 0.591. The highest BCUT2D eigenvalue weighted by Gasteiger charge is 2.28. The Labute approximate surface area is 87.5 Å². The molecule has 0 saturated heterocycles. The van der Waals surface area contributed by atoms with Crippen LogP contribution in [0.2, 0.25) is 5.28 Å². The maximum Gasteiger partial charge on any atom is 0.204 e. The van der Waals surface area contributed by atoms with Crippen LogP contribution >= 0.6 is 11.6 Å². The largest absolute Gasteiger partial charge is 0.311 e. The van der Waals surface area contributed by atoms with Gasteiger partial charge >= 0.3 is 0 Å². The number of rotatable bonds is 1. The van der Waals surface area contributed by atoms with Crippen LogP contribution in [0.25, 0.3) is 11.0 Å². The molecule has 2 aromatic rings. The van der Waals surface area contributed by atoms with Gasteiger partial charge in [-0.1, -0.05) is 12.1 Å². The van der Waals surface area contributed by atoms with Crippen molar-refractivity contribution in [2.45, 2.75) is 25.8 Å². The first-order valence-electron chi connectivity index (χ1n) is 4.90. The van der Waals surface area contributed by atoms with Gasteiger partial charge in [-0.2, -0.15) is 0 Å². The van der Waals surface area contributed by atoms with Crippen molar-refractivity contribution in [3.05, 3.63) is 29.0 Å². The first kappa shape index (κ1) is 8.30. The highest BCUT2D eigenvalue weighted by molar-refractivity contribution is 6.29. The van der Waals surface area contributed by atoms with Crippen molar-refractivity contribution in [1.82, 2.24) is 9.55 Å². The molecule has 1 fully saturated rings. The number of hydrogen-bond donors (Lipinski definition) is 0. The molecule has 0 amide bonds. The van der Waals surface area contributed by atoms with E-state index in [-0.39, 0.29) is 0 Å². The lowest BCUT2D eigenvalue weighted by Crippen LogP contribution is -1.94. The first-order chi connectivity index (χ1) is 6.77. The van der Waals surface area contributed by atoms with Crippen LogP contribution < -0.4 is 0 Å². The van der Waals surface area contributed by atoms with Crippen LogP contribution in [-0.2, 0) is 0 Å². The van der Waals surface area contributed by atoms with Crippen LogP contribution in [0.1, 0.15) is 24.4 Å². The van der Waals surface area contributed by atoms with Crippen LogP contribution in [-0.4, -0.2) is 9.55 Å². The van der Waals surface area contributed by atoms with Gasteiger partial charge in [0, 0.05) is 6.04 Å². The van der Waals surface area contributed by atoms with Crippen molar-refractivity contribution < 1.29 is 0 Å². The number of para-hydroxylation sites is 1. The molecule has 1 aliphatic carbocycles. The normalized spacial score (nSPS) is 16.4. The number of hydrogen-bond acceptors (Lipinski definition) is 1. The van der Waals surface area contributed by atoms with Crippen LogP contribution in [0.4, 0.5) is 0 Å². The van der Waals surface area contributed by atoms with Crippen LogP contribution in [0, 0.1) is 6.92 Å². The predicted octanol–water partition coefficient (Wildman–Crippen LogP) is 3.33. The van der Waals surface area contributed by atoms with Crippen molar-refractivity contribution in [1.29, 1.82) is 0 Å². The van der Waals surface area contributed by atoms with Crippen LogP contribution in [0.15, 0.2) is 18.2 Å². The van der Waals surface area contributed by atoms with E-state index in [1.807, 2.05) is 12.1 Å². The van der Waals surface area contributed by atoms with E-state index < -0.39 is 0 Å². The summed E-state index contributed by atoms with van der Waals surface area (Å²) in [6, 6.07) is 6.75. The summed E-state index contributed by atoms with van der Waals surface area (Å²) >= 11 is 6.13. The fourth-order valence-electron chi connectivity index (χ4n) is 1.96. The smallest absolute Gasteiger partial charge is 0.204 e. The molecule has 1 saturated carbocycles. The lowest BCUT2D eigenvalue weighted by Gasteiger charge is -2.04. The monoisotopic (exact) mass is 206 g/mol. The number of fused-ring (bicyclic) bond motifs is 1. The number of nitrogens with zero attached hydrogens (tertiary/aromatic N) is 2. The molecule has 0 atom stereocenters. The molecule has 14 heavy (non-hydrogen) atoms. The molecular weight excluding hydrogens is 196 g/mol. The van der Waals surface area contributed by atoms with Gasteiger partial charge in [0.15, 0.2) is 0 Å². The number of benzene rings is 1. The van der Waals surface area contributed by atoms with Crippen LogP contribution in [0.5, 0.6) is 0 Å². The van der Waals surface area contributed by atoms with E-state index in [0.717, 1.165) is 5.52 Å². The zero-order valence-corrected chi connectivity index (χ0v) is 8.75. The minimum atomic E-state index is 0.591. The van der Waals surface area contributed by atoms with Gasteiger partial charge in [0.05, 0.1) is 11.0 Å². The Morgan fingerprint density at radius 1 is 1.43 bits per heavy atom. The standard InChI is InChI=1S/C11H11ClN2/c1-7-3-2-4-9-10(7)14(8-5-6-8)11(12)13-9/h2-4,8H,5-6H2,1H3. The highest BCUT2D eigenvalue weighted by atomic mass is 35.5. The first-order valence-corrected chi connectivity index (χ1v) is 5.28. The van der Waals surface area contributed by atoms with E-state index in [9.17, 15) is 0 Å². The lowest BCUT2D eigenvalue weighted by molar-refractivity contribution is 0.765. The SMILES string of the molecule is Cc1cccc2nc(Cl)n(C3CC3)c12. The van der Waals surface area contributed by atoms with E-state index in [1.165, 1.54) is 23.9 Å². The van der Waals surface area contributed by atoms with Gasteiger partial charge in [0.2, 0.25) is 5.28 Å². The Morgan fingerprint density at radius 2 is 2.21 bits per heavy atom. The summed E-state index contributed by atoms with van der Waals surface area (Å²) in [7, 11) is 0. The summed E-state index contributed by atoms with van der Waals surface area (Å²) in [6.45, 7) is 2.11. The molecule has 1 aliphatic rings. The van der Waals surface area contributed by atoms with Crippen LogP contribution in [0.3, 0.4) is 0 Å². The zero-order chi connectivity index (χ0) is 9.71. The quantitative estimate of drug-likeness (QED) is 0.700. The van der Waals surface area contributed by atoms with Crippen molar-refractivity contribution >= 4 is 22.6 Å². The second-order valence-electron chi connectivity index (χ2n) is 3.92. The second kappa shape index (κ2) is 2.74. The number of halogens is 1. The van der Waals surface area contributed by atoms with E-state index in [1.54, 1.807) is 0 Å². The maximum atomic E-state index is 6.13. The van der Waals surface area contributed by atoms with E-state index in [2.05, 4.69) is 22.5 Å². The van der Waals surface area contributed by atoms with Gasteiger partial charge in [-0.3, -0.25) is 0 Å². The molecule has 1 heterocycles. The average molecular weight is 207 g/mol. The van der Waals surface area contributed by atoms with Gasteiger partial charge in [-0.15, -0.1) is 0 Å². The average Bonchev–Trinajstić information content (AvgIpc) is 2.90. The fraction of sp³-hybridized carbons (Fsp3) is 0.364. The molecule has 0 aliphatic heterocycles. The van der Waals surface area contributed by atoms with Crippen molar-refractivity contribution in [3.8, 4) is 0 Å². The van der Waals surface area contributed by atoms with E-state index in [4.69, 9.17) is 11.6 Å². The van der Waals surface area contributed by atoms with Gasteiger partial charge < -0.3 is 4.57 Å². The van der Waals surface area contributed by atoms with E-state index in [0.29, 0.717) is 11.3 Å². The summed E-state index contributed by atoms with van der Waals surface area (Å²) in [5.41, 5.74) is 3.48. The molecule has 0 unspecified atom stereocenters. The maximum absolute atomic E-state index is 6.13. The second-order valence-corrected chi connectivity index (χ2v) is 4.26. The topological polar surface area (TPSA) is 17.8 Å². The molecule has 0 spiro atoms. The van der Waals surface area contributed by atoms with Gasteiger partial charge in [-0.25, -0.2) is 4.98 Å². The molecule has 0 bridgehead atoms. The molecule has 2 nitrogen and oxygen atoms in total. The number of aryl methyl sites for hydroxylation is 1. The summed E-state index contributed by atoms with van der Waals surface area (Å²) in [6.07, 6.45) is 2.47. The Balaban J connectivity index is 2.39.